The van der Waals surface area contributed by atoms with Crippen LogP contribution in [0.4, 0.5) is 0 Å². The average Bonchev–Trinajstić information content (AvgIpc) is 2.96. The van der Waals surface area contributed by atoms with E-state index in [0.717, 1.165) is 30.2 Å². The van der Waals surface area contributed by atoms with Crippen molar-refractivity contribution >= 4 is 16.9 Å². The number of amides is 1. The van der Waals surface area contributed by atoms with E-state index in [-0.39, 0.29) is 11.9 Å². The molecule has 2 heterocycles. The Morgan fingerprint density at radius 1 is 1.53 bits per heavy atom. The molecule has 2 atom stereocenters. The van der Waals surface area contributed by atoms with Gasteiger partial charge in [0.2, 0.25) is 0 Å². The molecule has 5 heteroatoms. The first-order valence-corrected chi connectivity index (χ1v) is 6.58. The molecule has 19 heavy (non-hydrogen) atoms. The van der Waals surface area contributed by atoms with E-state index in [1.165, 1.54) is 0 Å². The van der Waals surface area contributed by atoms with Gasteiger partial charge < -0.3 is 15.4 Å². The Kier molecular flexibility index (Phi) is 2.98. The van der Waals surface area contributed by atoms with Gasteiger partial charge in [-0.05, 0) is 37.8 Å². The van der Waals surface area contributed by atoms with Crippen LogP contribution in [0.25, 0.3) is 11.0 Å². The second-order valence-electron chi connectivity index (χ2n) is 5.19. The molecule has 1 fully saturated rings. The number of nitrogens with one attached hydrogen (secondary N) is 2. The Morgan fingerprint density at radius 3 is 3.11 bits per heavy atom. The van der Waals surface area contributed by atoms with Crippen LogP contribution in [-0.2, 0) is 0 Å². The number of nitrogens with zero attached hydrogens (tertiary/aromatic N) is 1. The highest BCUT2D eigenvalue weighted by atomic mass is 16.3. The lowest BCUT2D eigenvalue weighted by atomic mass is 10.1. The number of aryl methyl sites for hydroxylation is 1. The molecular weight excluding hydrogens is 242 g/mol. The number of aliphatic hydroxyl groups excluding tert-OH is 1. The van der Waals surface area contributed by atoms with Gasteiger partial charge in [-0.15, -0.1) is 0 Å². The maximum Gasteiger partial charge on any atom is 0.253 e. The molecule has 3 N–H and O–H groups in total. The molecule has 2 unspecified atom stereocenters. The van der Waals surface area contributed by atoms with E-state index >= 15 is 0 Å². The quantitative estimate of drug-likeness (QED) is 0.765. The van der Waals surface area contributed by atoms with Crippen molar-refractivity contribution in [2.24, 2.45) is 0 Å². The minimum atomic E-state index is -0.422. The number of carbonyl (C=O) groups excluding carboxylic acids is 1. The molecule has 3 rings (SSSR count). The number of aliphatic hydroxyl groups is 1. The summed E-state index contributed by atoms with van der Waals surface area (Å²) in [7, 11) is 0. The fourth-order valence-electron chi connectivity index (χ4n) is 2.65. The number of aromatic amines is 1. The maximum atomic E-state index is 12.3. The zero-order valence-electron chi connectivity index (χ0n) is 10.8. The molecule has 0 spiro atoms. The Balaban J connectivity index is 1.87. The second-order valence-corrected chi connectivity index (χ2v) is 5.19. The van der Waals surface area contributed by atoms with Crippen molar-refractivity contribution < 1.29 is 9.90 Å². The average molecular weight is 259 g/mol. The van der Waals surface area contributed by atoms with Gasteiger partial charge in [0.25, 0.3) is 5.91 Å². The number of carbonyl (C=O) groups is 1. The van der Waals surface area contributed by atoms with E-state index in [2.05, 4.69) is 15.3 Å². The number of hydrogen-bond acceptors (Lipinski definition) is 3. The zero-order chi connectivity index (χ0) is 13.4. The van der Waals surface area contributed by atoms with Crippen LogP contribution in [0.15, 0.2) is 18.5 Å². The fourth-order valence-corrected chi connectivity index (χ4v) is 2.65. The smallest absolute Gasteiger partial charge is 0.253 e. The molecule has 5 nitrogen and oxygen atoms in total. The Morgan fingerprint density at radius 2 is 2.37 bits per heavy atom. The molecule has 0 aromatic carbocycles. The van der Waals surface area contributed by atoms with Crippen molar-refractivity contribution in [2.45, 2.75) is 38.3 Å². The predicted molar refractivity (Wildman–Crippen MR) is 71.9 cm³/mol. The summed E-state index contributed by atoms with van der Waals surface area (Å²) in [6, 6.07) is 1.81. The second kappa shape index (κ2) is 4.66. The largest absolute Gasteiger partial charge is 0.391 e. The lowest BCUT2D eigenvalue weighted by Gasteiger charge is -2.15. The van der Waals surface area contributed by atoms with Crippen LogP contribution in [0.2, 0.25) is 0 Å². The fraction of sp³-hybridized carbons (Fsp3) is 0.429. The Labute approximate surface area is 111 Å². The van der Waals surface area contributed by atoms with Crippen LogP contribution in [-0.4, -0.2) is 33.1 Å². The van der Waals surface area contributed by atoms with Gasteiger partial charge in [0.1, 0.15) is 5.65 Å². The van der Waals surface area contributed by atoms with Crippen LogP contribution in [0.1, 0.15) is 35.2 Å². The maximum absolute atomic E-state index is 12.3. The van der Waals surface area contributed by atoms with Gasteiger partial charge in [-0.25, -0.2) is 4.98 Å². The molecule has 1 saturated carbocycles. The molecule has 2 aromatic rings. The van der Waals surface area contributed by atoms with Crippen molar-refractivity contribution in [1.82, 2.24) is 15.3 Å². The van der Waals surface area contributed by atoms with Crippen molar-refractivity contribution in [2.75, 3.05) is 0 Å². The van der Waals surface area contributed by atoms with Crippen LogP contribution in [0.3, 0.4) is 0 Å². The molecule has 0 bridgehead atoms. The Bertz CT molecular complexity index is 620. The van der Waals surface area contributed by atoms with E-state index in [1.54, 1.807) is 12.4 Å². The standard InChI is InChI=1S/C14H17N3O2/c1-8-5-9-10(7-16-13(9)15-6-8)14(19)17-11-3-2-4-12(11)18/h5-7,11-12,18H,2-4H2,1H3,(H,15,16)(H,17,19). The molecule has 0 radical (unpaired) electrons. The first-order valence-electron chi connectivity index (χ1n) is 6.58. The minimum Gasteiger partial charge on any atom is -0.391 e. The highest BCUT2D eigenvalue weighted by molar-refractivity contribution is 6.06. The number of hydrogen-bond donors (Lipinski definition) is 3. The highest BCUT2D eigenvalue weighted by Gasteiger charge is 2.27. The number of aromatic nitrogens is 2. The van der Waals surface area contributed by atoms with E-state index in [1.807, 2.05) is 13.0 Å². The zero-order valence-corrected chi connectivity index (χ0v) is 10.8. The molecule has 1 aliphatic carbocycles. The van der Waals surface area contributed by atoms with Crippen molar-refractivity contribution in [3.8, 4) is 0 Å². The molecular formula is C14H17N3O2. The first-order chi connectivity index (χ1) is 9.15. The summed E-state index contributed by atoms with van der Waals surface area (Å²) in [4.78, 5) is 19.5. The van der Waals surface area contributed by atoms with Gasteiger partial charge in [-0.2, -0.15) is 0 Å². The van der Waals surface area contributed by atoms with Crippen molar-refractivity contribution in [3.05, 3.63) is 29.6 Å². The summed E-state index contributed by atoms with van der Waals surface area (Å²) in [5.41, 5.74) is 2.31. The number of rotatable bonds is 2. The molecule has 1 amide bonds. The van der Waals surface area contributed by atoms with Gasteiger partial charge in [-0.1, -0.05) is 0 Å². The monoisotopic (exact) mass is 259 g/mol. The van der Waals surface area contributed by atoms with Crippen molar-refractivity contribution in [3.63, 3.8) is 0 Å². The lowest BCUT2D eigenvalue weighted by molar-refractivity contribution is 0.0875. The van der Waals surface area contributed by atoms with Gasteiger partial charge in [0.05, 0.1) is 17.7 Å². The number of pyridine rings is 1. The van der Waals surface area contributed by atoms with E-state index < -0.39 is 6.10 Å². The van der Waals surface area contributed by atoms with Gasteiger partial charge in [-0.3, -0.25) is 4.79 Å². The number of H-pyrrole nitrogens is 1. The summed E-state index contributed by atoms with van der Waals surface area (Å²) < 4.78 is 0. The molecule has 1 aliphatic rings. The van der Waals surface area contributed by atoms with Gasteiger partial charge >= 0.3 is 0 Å². The summed E-state index contributed by atoms with van der Waals surface area (Å²) >= 11 is 0. The normalized spacial score (nSPS) is 22.8. The third kappa shape index (κ3) is 2.21. The van der Waals surface area contributed by atoms with Gasteiger partial charge in [0, 0.05) is 17.8 Å². The molecule has 2 aromatic heterocycles. The van der Waals surface area contributed by atoms with E-state index in [9.17, 15) is 9.90 Å². The summed E-state index contributed by atoms with van der Waals surface area (Å²) in [5.74, 6) is -0.149. The van der Waals surface area contributed by atoms with E-state index in [0.29, 0.717) is 11.2 Å². The third-order valence-corrected chi connectivity index (χ3v) is 3.71. The lowest BCUT2D eigenvalue weighted by Crippen LogP contribution is -2.39. The van der Waals surface area contributed by atoms with E-state index in [4.69, 9.17) is 0 Å². The van der Waals surface area contributed by atoms with Crippen LogP contribution in [0, 0.1) is 6.92 Å². The van der Waals surface area contributed by atoms with Crippen LogP contribution in [0.5, 0.6) is 0 Å². The minimum absolute atomic E-state index is 0.129. The third-order valence-electron chi connectivity index (χ3n) is 3.71. The number of fused-ring (bicyclic) bond motifs is 1. The predicted octanol–water partition coefficient (Wildman–Crippen LogP) is 1.51. The van der Waals surface area contributed by atoms with Crippen molar-refractivity contribution in [1.29, 1.82) is 0 Å². The molecule has 0 saturated heterocycles. The van der Waals surface area contributed by atoms with Crippen LogP contribution < -0.4 is 5.32 Å². The van der Waals surface area contributed by atoms with Gasteiger partial charge in [0.15, 0.2) is 0 Å². The Hall–Kier alpha value is -1.88. The molecule has 100 valence electrons. The molecule has 0 aliphatic heterocycles. The van der Waals surface area contributed by atoms with Crippen LogP contribution >= 0.6 is 0 Å². The SMILES string of the molecule is Cc1cnc2[nH]cc(C(=O)NC3CCCC3O)c2c1. The summed E-state index contributed by atoms with van der Waals surface area (Å²) in [6.07, 6.45) is 5.58. The topological polar surface area (TPSA) is 78.0 Å². The summed E-state index contributed by atoms with van der Waals surface area (Å²) in [5, 5.41) is 13.5. The summed E-state index contributed by atoms with van der Waals surface area (Å²) in [6.45, 7) is 1.95. The highest BCUT2D eigenvalue weighted by Crippen LogP contribution is 2.21. The first kappa shape index (κ1) is 12.2.